The zero-order valence-corrected chi connectivity index (χ0v) is 14.9. The van der Waals surface area contributed by atoms with E-state index in [0.717, 1.165) is 4.70 Å². The highest BCUT2D eigenvalue weighted by Gasteiger charge is 2.14. The molecule has 122 valence electrons. The molecule has 1 aromatic heterocycles. The highest BCUT2D eigenvalue weighted by atomic mass is 79.9. The van der Waals surface area contributed by atoms with Crippen molar-refractivity contribution in [3.63, 3.8) is 0 Å². The van der Waals surface area contributed by atoms with Crippen LogP contribution in [0.15, 0.2) is 40.9 Å². The van der Waals surface area contributed by atoms with Crippen LogP contribution in [-0.4, -0.2) is 21.9 Å². The highest BCUT2D eigenvalue weighted by molar-refractivity contribution is 9.10. The second-order valence-electron chi connectivity index (χ2n) is 5.00. The fourth-order valence-electron chi connectivity index (χ4n) is 2.12. The first-order valence-electron chi connectivity index (χ1n) is 6.90. The summed E-state index contributed by atoms with van der Waals surface area (Å²) in [7, 11) is 0. The Kier molecular flexibility index (Phi) is 4.50. The second-order valence-corrected chi connectivity index (χ2v) is 6.94. The Morgan fingerprint density at radius 3 is 2.67 bits per heavy atom. The minimum atomic E-state index is -0.443. The van der Waals surface area contributed by atoms with Gasteiger partial charge in [-0.15, -0.1) is 0 Å². The normalized spacial score (nSPS) is 10.6. The number of nitrogens with one attached hydrogen (secondary N) is 2. The molecule has 24 heavy (non-hydrogen) atoms. The van der Waals surface area contributed by atoms with Crippen molar-refractivity contribution in [1.82, 2.24) is 4.98 Å². The maximum atomic E-state index is 12.3. The number of aromatic nitrogens is 1. The molecule has 0 radical (unpaired) electrons. The van der Waals surface area contributed by atoms with Gasteiger partial charge in [0.05, 0.1) is 15.8 Å². The molecule has 6 nitrogen and oxygen atoms in total. The van der Waals surface area contributed by atoms with E-state index in [9.17, 15) is 14.7 Å². The number of carbonyl (C=O) groups excluding carboxylic acids is 2. The zero-order valence-electron chi connectivity index (χ0n) is 12.5. The van der Waals surface area contributed by atoms with Crippen molar-refractivity contribution in [2.45, 2.75) is 6.92 Å². The molecule has 0 saturated heterocycles. The summed E-state index contributed by atoms with van der Waals surface area (Å²) in [6, 6.07) is 9.96. The third-order valence-electron chi connectivity index (χ3n) is 3.13. The van der Waals surface area contributed by atoms with Gasteiger partial charge in [0.1, 0.15) is 5.75 Å². The average Bonchev–Trinajstić information content (AvgIpc) is 2.87. The van der Waals surface area contributed by atoms with Crippen molar-refractivity contribution in [3.8, 4) is 5.75 Å². The Labute approximate surface area is 149 Å². The summed E-state index contributed by atoms with van der Waals surface area (Å²) in [6.07, 6.45) is 0. The molecule has 0 spiro atoms. The van der Waals surface area contributed by atoms with Crippen LogP contribution in [0.5, 0.6) is 5.75 Å². The minimum Gasteiger partial charge on any atom is -0.507 e. The topological polar surface area (TPSA) is 91.3 Å². The van der Waals surface area contributed by atoms with E-state index in [4.69, 9.17) is 0 Å². The first-order valence-corrected chi connectivity index (χ1v) is 8.51. The molecule has 3 N–H and O–H groups in total. The van der Waals surface area contributed by atoms with Crippen LogP contribution in [0, 0.1) is 0 Å². The van der Waals surface area contributed by atoms with E-state index in [1.807, 2.05) is 0 Å². The maximum Gasteiger partial charge on any atom is 0.261 e. The third kappa shape index (κ3) is 3.55. The predicted molar refractivity (Wildman–Crippen MR) is 97.7 cm³/mol. The molecule has 2 aromatic carbocycles. The molecule has 3 aromatic rings. The Balaban J connectivity index is 1.84. The average molecular weight is 406 g/mol. The van der Waals surface area contributed by atoms with Gasteiger partial charge >= 0.3 is 0 Å². The van der Waals surface area contributed by atoms with Crippen molar-refractivity contribution in [2.24, 2.45) is 0 Å². The van der Waals surface area contributed by atoms with Crippen LogP contribution in [-0.2, 0) is 4.79 Å². The highest BCUT2D eigenvalue weighted by Crippen LogP contribution is 2.29. The number of fused-ring (bicyclic) bond motifs is 1. The van der Waals surface area contributed by atoms with Gasteiger partial charge in [0.25, 0.3) is 5.91 Å². The fourth-order valence-corrected chi connectivity index (χ4v) is 3.37. The number of rotatable bonds is 3. The van der Waals surface area contributed by atoms with Crippen LogP contribution in [0.3, 0.4) is 0 Å². The molecule has 0 unspecified atom stereocenters. The summed E-state index contributed by atoms with van der Waals surface area (Å²) in [5.74, 6) is -0.713. The Hall–Kier alpha value is -2.45. The number of hydrogen-bond donors (Lipinski definition) is 3. The van der Waals surface area contributed by atoms with E-state index in [2.05, 4.69) is 31.5 Å². The van der Waals surface area contributed by atoms with Crippen LogP contribution < -0.4 is 10.6 Å². The summed E-state index contributed by atoms with van der Waals surface area (Å²) >= 11 is 4.51. The minimum absolute atomic E-state index is 0.115. The van der Waals surface area contributed by atoms with Gasteiger partial charge in [0.15, 0.2) is 5.13 Å². The third-order valence-corrected chi connectivity index (χ3v) is 4.56. The van der Waals surface area contributed by atoms with Crippen LogP contribution in [0.2, 0.25) is 0 Å². The van der Waals surface area contributed by atoms with Gasteiger partial charge in [0.2, 0.25) is 5.91 Å². The number of amides is 2. The molecule has 0 aliphatic carbocycles. The van der Waals surface area contributed by atoms with Crippen LogP contribution in [0.4, 0.5) is 10.8 Å². The second kappa shape index (κ2) is 6.58. The number of carbonyl (C=O) groups is 2. The number of phenols is 1. The summed E-state index contributed by atoms with van der Waals surface area (Å²) in [5.41, 5.74) is 1.54. The summed E-state index contributed by atoms with van der Waals surface area (Å²) in [6.45, 7) is 1.44. The molecule has 1 heterocycles. The number of nitrogens with zero attached hydrogens (tertiary/aromatic N) is 1. The van der Waals surface area contributed by atoms with Crippen molar-refractivity contribution in [3.05, 3.63) is 46.4 Å². The Bertz CT molecular complexity index is 955. The van der Waals surface area contributed by atoms with Gasteiger partial charge in [-0.05, 0) is 36.4 Å². The number of aromatic hydroxyl groups is 1. The summed E-state index contributed by atoms with van der Waals surface area (Å²) < 4.78 is 1.51. The summed E-state index contributed by atoms with van der Waals surface area (Å²) in [4.78, 5) is 27.7. The zero-order chi connectivity index (χ0) is 17.3. The number of anilines is 2. The molecule has 2 amide bonds. The van der Waals surface area contributed by atoms with Gasteiger partial charge in [-0.2, -0.15) is 0 Å². The van der Waals surface area contributed by atoms with Crippen LogP contribution >= 0.6 is 27.3 Å². The van der Waals surface area contributed by atoms with Gasteiger partial charge in [-0.3, -0.25) is 14.9 Å². The lowest BCUT2D eigenvalue weighted by atomic mass is 10.2. The van der Waals surface area contributed by atoms with Gasteiger partial charge < -0.3 is 10.4 Å². The largest absolute Gasteiger partial charge is 0.507 e. The Morgan fingerprint density at radius 1 is 1.17 bits per heavy atom. The first kappa shape index (κ1) is 16.4. The SMILES string of the molecule is CC(=O)Nc1ccc2nc(NC(=O)c3ccc(Br)cc3O)sc2c1. The molecule has 3 rings (SSSR count). The van der Waals surface area contributed by atoms with Crippen molar-refractivity contribution >= 4 is 60.1 Å². The van der Waals surface area contributed by atoms with Gasteiger partial charge in [0, 0.05) is 17.1 Å². The van der Waals surface area contributed by atoms with E-state index in [0.29, 0.717) is 20.8 Å². The van der Waals surface area contributed by atoms with Crippen LogP contribution in [0.1, 0.15) is 17.3 Å². The maximum absolute atomic E-state index is 12.3. The molecular weight excluding hydrogens is 394 g/mol. The number of thiazole rings is 1. The van der Waals surface area contributed by atoms with Crippen molar-refractivity contribution in [1.29, 1.82) is 0 Å². The van der Waals surface area contributed by atoms with E-state index in [-0.39, 0.29) is 17.2 Å². The standard InChI is InChI=1S/C16H12BrN3O3S/c1-8(21)18-10-3-5-12-14(7-10)24-16(19-12)20-15(23)11-4-2-9(17)6-13(11)22/h2-7,22H,1H3,(H,18,21)(H,19,20,23). The molecule has 8 heteroatoms. The van der Waals surface area contributed by atoms with Crippen molar-refractivity contribution in [2.75, 3.05) is 10.6 Å². The number of phenolic OH excluding ortho intramolecular Hbond substituents is 1. The molecule has 0 aliphatic heterocycles. The molecule has 0 saturated carbocycles. The van der Waals surface area contributed by atoms with Gasteiger partial charge in [-0.25, -0.2) is 4.98 Å². The lowest BCUT2D eigenvalue weighted by molar-refractivity contribution is -0.114. The number of halogens is 1. The first-order chi connectivity index (χ1) is 11.4. The lowest BCUT2D eigenvalue weighted by Crippen LogP contribution is -2.11. The van der Waals surface area contributed by atoms with E-state index in [1.165, 1.54) is 30.4 Å². The van der Waals surface area contributed by atoms with E-state index in [1.54, 1.807) is 24.3 Å². The molecule has 0 bridgehead atoms. The monoisotopic (exact) mass is 405 g/mol. The molecular formula is C16H12BrN3O3S. The fraction of sp³-hybridized carbons (Fsp3) is 0.0625. The molecule has 0 aliphatic rings. The summed E-state index contributed by atoms with van der Waals surface area (Å²) in [5, 5.41) is 15.6. The van der Waals surface area contributed by atoms with E-state index >= 15 is 0 Å². The molecule has 0 fully saturated rings. The van der Waals surface area contributed by atoms with E-state index < -0.39 is 5.91 Å². The van der Waals surface area contributed by atoms with Crippen LogP contribution in [0.25, 0.3) is 10.2 Å². The van der Waals surface area contributed by atoms with Gasteiger partial charge in [-0.1, -0.05) is 27.3 Å². The van der Waals surface area contributed by atoms with Crippen molar-refractivity contribution < 1.29 is 14.7 Å². The number of benzene rings is 2. The molecule has 0 atom stereocenters. The lowest BCUT2D eigenvalue weighted by Gasteiger charge is -2.04. The quantitative estimate of drug-likeness (QED) is 0.614. The number of hydrogen-bond acceptors (Lipinski definition) is 5. The Morgan fingerprint density at radius 2 is 1.96 bits per heavy atom. The predicted octanol–water partition coefficient (Wildman–Crippen LogP) is 3.98. The smallest absolute Gasteiger partial charge is 0.261 e.